The number of hydrogen-bond acceptors (Lipinski definition) is 6. The van der Waals surface area contributed by atoms with Crippen LogP contribution in [0.25, 0.3) is 5.76 Å². The maximum atomic E-state index is 13.4. The minimum absolute atomic E-state index is 0.0220. The van der Waals surface area contributed by atoms with Crippen molar-refractivity contribution in [3.63, 3.8) is 0 Å². The Kier molecular flexibility index (Phi) is 7.01. The molecule has 0 saturated carbocycles. The van der Waals surface area contributed by atoms with E-state index in [1.807, 2.05) is 39.8 Å². The van der Waals surface area contributed by atoms with Crippen molar-refractivity contribution in [2.45, 2.75) is 33.7 Å². The lowest BCUT2D eigenvalue weighted by Gasteiger charge is -2.26. The molecule has 0 bridgehead atoms. The van der Waals surface area contributed by atoms with Gasteiger partial charge in [0.1, 0.15) is 11.5 Å². The molecule has 1 fully saturated rings. The second kappa shape index (κ2) is 10.2. The summed E-state index contributed by atoms with van der Waals surface area (Å²) in [6, 6.07) is 15.9. The summed E-state index contributed by atoms with van der Waals surface area (Å²) in [7, 11) is 0. The van der Waals surface area contributed by atoms with Gasteiger partial charge in [-0.2, -0.15) is 0 Å². The number of amides is 1. The summed E-state index contributed by atoms with van der Waals surface area (Å²) >= 11 is 0. The van der Waals surface area contributed by atoms with Crippen molar-refractivity contribution in [3.05, 3.63) is 88.5 Å². The van der Waals surface area contributed by atoms with Crippen molar-refractivity contribution in [2.24, 2.45) is 0 Å². The molecule has 0 aliphatic carbocycles. The Balaban J connectivity index is 1.95. The number of Topliss-reactive ketones (excluding diaryl/α,β-unsaturated/α-hetero) is 1. The highest BCUT2D eigenvalue weighted by molar-refractivity contribution is 6.51. The molecule has 2 N–H and O–H groups in total. The van der Waals surface area contributed by atoms with Gasteiger partial charge in [-0.1, -0.05) is 29.8 Å². The number of aryl methyl sites for hydroxylation is 2. The van der Waals surface area contributed by atoms with Gasteiger partial charge in [-0.05, 0) is 69.2 Å². The second-order valence-corrected chi connectivity index (χ2v) is 8.58. The maximum absolute atomic E-state index is 13.4. The van der Waals surface area contributed by atoms with Gasteiger partial charge in [-0.25, -0.2) is 0 Å². The Morgan fingerprint density at radius 3 is 2.22 bits per heavy atom. The predicted octanol–water partition coefficient (Wildman–Crippen LogP) is 5.43. The molecule has 1 saturated heterocycles. The summed E-state index contributed by atoms with van der Waals surface area (Å²) in [5.41, 5.74) is 3.12. The van der Waals surface area contributed by atoms with Gasteiger partial charge in [0.05, 0.1) is 24.8 Å². The SMILES string of the molecule is CCOc1ccc(N2C(=O)C(=O)/C(=C(/O)c3cc(C)ccc3C)C2c2ccc(O)cc2)cc1OCC. The lowest BCUT2D eigenvalue weighted by Crippen LogP contribution is -2.29. The number of phenolic OH excluding ortho intramolecular Hbond substituents is 1. The van der Waals surface area contributed by atoms with E-state index in [2.05, 4.69) is 0 Å². The molecular formula is C29H29NO6. The van der Waals surface area contributed by atoms with E-state index >= 15 is 0 Å². The van der Waals surface area contributed by atoms with Crippen LogP contribution in [0.5, 0.6) is 17.2 Å². The van der Waals surface area contributed by atoms with Crippen LogP contribution >= 0.6 is 0 Å². The first-order valence-electron chi connectivity index (χ1n) is 11.8. The van der Waals surface area contributed by atoms with Crippen LogP contribution in [-0.2, 0) is 9.59 Å². The monoisotopic (exact) mass is 487 g/mol. The number of aromatic hydroxyl groups is 1. The Morgan fingerprint density at radius 2 is 1.56 bits per heavy atom. The molecule has 0 aromatic heterocycles. The normalized spacial score (nSPS) is 16.9. The highest BCUT2D eigenvalue weighted by Gasteiger charge is 2.47. The third-order valence-corrected chi connectivity index (χ3v) is 6.11. The number of aliphatic hydroxyl groups is 1. The van der Waals surface area contributed by atoms with Gasteiger partial charge in [0, 0.05) is 17.3 Å². The molecule has 186 valence electrons. The van der Waals surface area contributed by atoms with Gasteiger partial charge in [0.25, 0.3) is 11.7 Å². The number of aliphatic hydroxyl groups excluding tert-OH is 1. The van der Waals surface area contributed by atoms with Crippen LogP contribution in [0.1, 0.15) is 42.1 Å². The van der Waals surface area contributed by atoms with Crippen molar-refractivity contribution in [2.75, 3.05) is 18.1 Å². The van der Waals surface area contributed by atoms with Gasteiger partial charge in [0.15, 0.2) is 11.5 Å². The summed E-state index contributed by atoms with van der Waals surface area (Å²) in [5.74, 6) is -0.796. The number of ketones is 1. The number of anilines is 1. The van der Waals surface area contributed by atoms with Crippen LogP contribution in [0.15, 0.2) is 66.2 Å². The highest BCUT2D eigenvalue weighted by atomic mass is 16.5. The quantitative estimate of drug-likeness (QED) is 0.262. The third-order valence-electron chi connectivity index (χ3n) is 6.11. The van der Waals surface area contributed by atoms with Crippen LogP contribution in [0.2, 0.25) is 0 Å². The Hall–Kier alpha value is -4.26. The number of phenols is 1. The minimum Gasteiger partial charge on any atom is -0.508 e. The highest BCUT2D eigenvalue weighted by Crippen LogP contribution is 2.44. The zero-order valence-corrected chi connectivity index (χ0v) is 20.7. The smallest absolute Gasteiger partial charge is 0.300 e. The molecule has 7 nitrogen and oxygen atoms in total. The molecule has 1 heterocycles. The number of carbonyl (C=O) groups is 2. The first-order valence-corrected chi connectivity index (χ1v) is 11.8. The van der Waals surface area contributed by atoms with Crippen molar-refractivity contribution in [1.29, 1.82) is 0 Å². The van der Waals surface area contributed by atoms with Gasteiger partial charge in [-0.15, -0.1) is 0 Å². The minimum atomic E-state index is -0.919. The van der Waals surface area contributed by atoms with E-state index in [4.69, 9.17) is 9.47 Å². The van der Waals surface area contributed by atoms with E-state index in [0.29, 0.717) is 41.5 Å². The third kappa shape index (κ3) is 4.52. The van der Waals surface area contributed by atoms with Crippen LogP contribution in [0.3, 0.4) is 0 Å². The molecule has 0 spiro atoms. The van der Waals surface area contributed by atoms with Gasteiger partial charge < -0.3 is 19.7 Å². The van der Waals surface area contributed by atoms with Crippen molar-refractivity contribution < 1.29 is 29.3 Å². The average Bonchev–Trinajstić information content (AvgIpc) is 3.12. The molecule has 0 radical (unpaired) electrons. The van der Waals surface area contributed by atoms with Crippen LogP contribution in [0, 0.1) is 13.8 Å². The fourth-order valence-corrected chi connectivity index (χ4v) is 4.40. The van der Waals surface area contributed by atoms with Crippen LogP contribution in [0.4, 0.5) is 5.69 Å². The van der Waals surface area contributed by atoms with E-state index in [1.54, 1.807) is 36.4 Å². The second-order valence-electron chi connectivity index (χ2n) is 8.58. The first kappa shape index (κ1) is 24.9. The number of ether oxygens (including phenoxy) is 2. The summed E-state index contributed by atoms with van der Waals surface area (Å²) in [6.07, 6.45) is 0. The van der Waals surface area contributed by atoms with E-state index in [9.17, 15) is 19.8 Å². The van der Waals surface area contributed by atoms with Crippen LogP contribution in [-0.4, -0.2) is 35.1 Å². The summed E-state index contributed by atoms with van der Waals surface area (Å²) in [5, 5.41) is 21.2. The van der Waals surface area contributed by atoms with Gasteiger partial charge >= 0.3 is 0 Å². The topological polar surface area (TPSA) is 96.3 Å². The zero-order chi connectivity index (χ0) is 26.0. The molecular weight excluding hydrogens is 458 g/mol. The summed E-state index contributed by atoms with van der Waals surface area (Å²) in [4.78, 5) is 28.2. The van der Waals surface area contributed by atoms with E-state index < -0.39 is 17.7 Å². The van der Waals surface area contributed by atoms with E-state index in [1.165, 1.54) is 17.0 Å². The van der Waals surface area contributed by atoms with E-state index in [-0.39, 0.29) is 17.1 Å². The molecule has 3 aromatic carbocycles. The number of carbonyl (C=O) groups excluding carboxylic acids is 2. The molecule has 3 aromatic rings. The average molecular weight is 488 g/mol. The van der Waals surface area contributed by atoms with Crippen molar-refractivity contribution in [3.8, 4) is 17.2 Å². The fraction of sp³-hybridized carbons (Fsp3) is 0.241. The zero-order valence-electron chi connectivity index (χ0n) is 20.7. The lowest BCUT2D eigenvalue weighted by molar-refractivity contribution is -0.132. The Labute approximate surface area is 210 Å². The molecule has 7 heteroatoms. The lowest BCUT2D eigenvalue weighted by atomic mass is 9.93. The van der Waals surface area contributed by atoms with Gasteiger partial charge in [0.2, 0.25) is 0 Å². The molecule has 4 rings (SSSR count). The molecule has 36 heavy (non-hydrogen) atoms. The maximum Gasteiger partial charge on any atom is 0.300 e. The van der Waals surface area contributed by atoms with Crippen molar-refractivity contribution >= 4 is 23.1 Å². The Morgan fingerprint density at radius 1 is 0.889 bits per heavy atom. The summed E-state index contributed by atoms with van der Waals surface area (Å²) in [6.45, 7) is 8.25. The van der Waals surface area contributed by atoms with Crippen molar-refractivity contribution in [1.82, 2.24) is 0 Å². The van der Waals surface area contributed by atoms with Crippen LogP contribution < -0.4 is 14.4 Å². The number of hydrogen-bond donors (Lipinski definition) is 2. The molecule has 1 aliphatic rings. The molecule has 1 amide bonds. The number of benzene rings is 3. The Bertz CT molecular complexity index is 1340. The van der Waals surface area contributed by atoms with Gasteiger partial charge in [-0.3, -0.25) is 14.5 Å². The molecule has 1 atom stereocenters. The largest absolute Gasteiger partial charge is 0.508 e. The number of rotatable bonds is 7. The van der Waals surface area contributed by atoms with E-state index in [0.717, 1.165) is 11.1 Å². The first-order chi connectivity index (χ1) is 17.3. The summed E-state index contributed by atoms with van der Waals surface area (Å²) < 4.78 is 11.4. The fourth-order valence-electron chi connectivity index (χ4n) is 4.40. The molecule has 1 aliphatic heterocycles. The predicted molar refractivity (Wildman–Crippen MR) is 138 cm³/mol. The number of nitrogens with zero attached hydrogens (tertiary/aromatic N) is 1. The molecule has 1 unspecified atom stereocenters. The standard InChI is InChI=1S/C29H29NO6/c1-5-35-23-14-11-20(16-24(23)36-6-2)30-26(19-9-12-21(31)13-10-19)25(28(33)29(30)34)27(32)22-15-17(3)7-8-18(22)4/h7-16,26,31-32H,5-6H2,1-4H3/b27-25+.